The minimum atomic E-state index is -4.68. The smallest absolute Gasteiger partial charge is 0.357 e. The molecule has 0 aliphatic carbocycles. The van der Waals surface area contributed by atoms with Crippen molar-refractivity contribution in [3.63, 3.8) is 0 Å². The number of nitrogens with two attached hydrogens (primary N) is 1. The molecule has 11 heteroatoms. The predicted molar refractivity (Wildman–Crippen MR) is 106 cm³/mol. The molecule has 4 N–H and O–H groups in total. The molecule has 2 rings (SSSR count). The molecule has 0 aliphatic rings. The summed E-state index contributed by atoms with van der Waals surface area (Å²) < 4.78 is 75.0. The third kappa shape index (κ3) is 6.99. The summed E-state index contributed by atoms with van der Waals surface area (Å²) in [6.45, 7) is 2.41. The molecule has 0 saturated heterocycles. The topological polar surface area (TPSA) is 96.6 Å². The van der Waals surface area contributed by atoms with Crippen molar-refractivity contribution < 1.29 is 26.0 Å². The lowest BCUT2D eigenvalue weighted by atomic mass is 10.1. The van der Waals surface area contributed by atoms with Gasteiger partial charge >= 0.3 is 6.18 Å². The van der Waals surface area contributed by atoms with Crippen LogP contribution in [0.5, 0.6) is 0 Å². The molecule has 0 atom stereocenters. The molecule has 2 aromatic rings. The molecule has 0 aliphatic heterocycles. The van der Waals surface area contributed by atoms with Gasteiger partial charge in [-0.1, -0.05) is 18.2 Å². The van der Waals surface area contributed by atoms with Gasteiger partial charge in [0, 0.05) is 13.1 Å². The van der Waals surface area contributed by atoms with Gasteiger partial charge in [0.15, 0.2) is 5.96 Å². The summed E-state index contributed by atoms with van der Waals surface area (Å²) in [6.07, 6.45) is -4.17. The molecule has 6 nitrogen and oxygen atoms in total. The Labute approximate surface area is 172 Å². The SMILES string of the molecule is CCNC(=NCc1ccc(F)cc1C(F)(F)F)NCCc1ccc(S(N)(=O)=O)cc1. The molecular formula is C19H22F4N4O2S. The number of sulfonamides is 1. The molecule has 0 bridgehead atoms. The summed E-state index contributed by atoms with van der Waals surface area (Å²) in [5.74, 6) is -0.662. The third-order valence-corrected chi connectivity index (χ3v) is 5.02. The van der Waals surface area contributed by atoms with Crippen LogP contribution in [0.4, 0.5) is 17.6 Å². The minimum absolute atomic E-state index is 0.00822. The Morgan fingerprint density at radius 2 is 1.77 bits per heavy atom. The lowest BCUT2D eigenvalue weighted by Gasteiger charge is -2.14. The van der Waals surface area contributed by atoms with Gasteiger partial charge in [0.25, 0.3) is 0 Å². The van der Waals surface area contributed by atoms with Crippen molar-refractivity contribution >= 4 is 16.0 Å². The van der Waals surface area contributed by atoms with E-state index in [0.29, 0.717) is 31.5 Å². The highest BCUT2D eigenvalue weighted by Gasteiger charge is 2.33. The fourth-order valence-corrected chi connectivity index (χ4v) is 3.14. The normalized spacial score (nSPS) is 12.7. The number of hydrogen-bond acceptors (Lipinski definition) is 3. The summed E-state index contributed by atoms with van der Waals surface area (Å²) in [5.41, 5.74) is -0.361. The maximum atomic E-state index is 13.2. The van der Waals surface area contributed by atoms with Gasteiger partial charge in [0.05, 0.1) is 17.0 Å². The van der Waals surface area contributed by atoms with Crippen molar-refractivity contribution in [2.45, 2.75) is 31.0 Å². The first-order chi connectivity index (χ1) is 14.0. The number of nitrogens with one attached hydrogen (secondary N) is 2. The molecule has 0 amide bonds. The molecule has 2 aromatic carbocycles. The van der Waals surface area contributed by atoms with E-state index in [2.05, 4.69) is 15.6 Å². The van der Waals surface area contributed by atoms with Gasteiger partial charge in [0.2, 0.25) is 10.0 Å². The van der Waals surface area contributed by atoms with Gasteiger partial charge in [-0.05, 0) is 48.7 Å². The van der Waals surface area contributed by atoms with Crippen molar-refractivity contribution in [2.24, 2.45) is 10.1 Å². The molecule has 30 heavy (non-hydrogen) atoms. The Kier molecular flexibility index (Phi) is 7.79. The average Bonchev–Trinajstić information content (AvgIpc) is 2.65. The zero-order valence-electron chi connectivity index (χ0n) is 16.1. The van der Waals surface area contributed by atoms with Crippen LogP contribution in [-0.4, -0.2) is 27.5 Å². The molecular weight excluding hydrogens is 424 g/mol. The minimum Gasteiger partial charge on any atom is -0.357 e. The van der Waals surface area contributed by atoms with E-state index in [1.807, 2.05) is 6.92 Å². The molecule has 0 saturated carbocycles. The quantitative estimate of drug-likeness (QED) is 0.346. The van der Waals surface area contributed by atoms with Crippen LogP contribution in [0, 0.1) is 5.82 Å². The van der Waals surface area contributed by atoms with E-state index >= 15 is 0 Å². The number of nitrogens with zero attached hydrogens (tertiary/aromatic N) is 1. The van der Waals surface area contributed by atoms with Crippen LogP contribution in [0.15, 0.2) is 52.4 Å². The maximum Gasteiger partial charge on any atom is 0.416 e. The second-order valence-corrected chi connectivity index (χ2v) is 7.92. The van der Waals surface area contributed by atoms with Gasteiger partial charge in [-0.25, -0.2) is 22.9 Å². The van der Waals surface area contributed by atoms with Crippen LogP contribution >= 0.6 is 0 Å². The zero-order valence-corrected chi connectivity index (χ0v) is 16.9. The van der Waals surface area contributed by atoms with Crippen LogP contribution < -0.4 is 15.8 Å². The van der Waals surface area contributed by atoms with Crippen molar-refractivity contribution in [1.29, 1.82) is 0 Å². The standard InChI is InChI=1S/C19H22F4N4O2S/c1-2-25-18(26-10-9-13-3-7-16(8-4-13)30(24,28)29)27-12-14-5-6-15(20)11-17(14)19(21,22)23/h3-8,11H,2,9-10,12H2,1H3,(H2,24,28,29)(H2,25,26,27). The predicted octanol–water partition coefficient (Wildman–Crippen LogP) is 2.79. The van der Waals surface area contributed by atoms with E-state index < -0.39 is 27.6 Å². The highest BCUT2D eigenvalue weighted by molar-refractivity contribution is 7.89. The number of halogens is 4. The van der Waals surface area contributed by atoms with Crippen LogP contribution in [0.1, 0.15) is 23.6 Å². The van der Waals surface area contributed by atoms with Gasteiger partial charge in [-0.3, -0.25) is 0 Å². The van der Waals surface area contributed by atoms with Gasteiger partial charge in [0.1, 0.15) is 5.82 Å². The van der Waals surface area contributed by atoms with E-state index in [0.717, 1.165) is 17.7 Å². The van der Waals surface area contributed by atoms with Crippen molar-refractivity contribution in [3.05, 3.63) is 65.0 Å². The van der Waals surface area contributed by atoms with E-state index in [1.165, 1.54) is 12.1 Å². The van der Waals surface area contributed by atoms with Gasteiger partial charge in [-0.15, -0.1) is 0 Å². The van der Waals surface area contributed by atoms with E-state index in [-0.39, 0.29) is 17.0 Å². The third-order valence-electron chi connectivity index (χ3n) is 4.09. The first kappa shape index (κ1) is 23.6. The molecule has 0 radical (unpaired) electrons. The summed E-state index contributed by atoms with van der Waals surface area (Å²) in [5, 5.41) is 11.0. The van der Waals surface area contributed by atoms with Gasteiger partial charge < -0.3 is 10.6 Å². The number of primary sulfonamides is 1. The zero-order chi connectivity index (χ0) is 22.4. The Bertz CT molecular complexity index is 991. The van der Waals surface area contributed by atoms with Crippen LogP contribution in [0.25, 0.3) is 0 Å². The van der Waals surface area contributed by atoms with Crippen LogP contribution in [0.3, 0.4) is 0 Å². The highest BCUT2D eigenvalue weighted by Crippen LogP contribution is 2.32. The number of benzene rings is 2. The molecule has 164 valence electrons. The van der Waals surface area contributed by atoms with Crippen molar-refractivity contribution in [2.75, 3.05) is 13.1 Å². The highest BCUT2D eigenvalue weighted by atomic mass is 32.2. The Hall–Kier alpha value is -2.66. The van der Waals surface area contributed by atoms with E-state index in [1.54, 1.807) is 12.1 Å². The number of aliphatic imine (C=N–C) groups is 1. The lowest BCUT2D eigenvalue weighted by Crippen LogP contribution is -2.38. The molecule has 0 heterocycles. The second-order valence-electron chi connectivity index (χ2n) is 6.36. The first-order valence-electron chi connectivity index (χ1n) is 9.00. The number of hydrogen-bond donors (Lipinski definition) is 3. The Balaban J connectivity index is 2.04. The summed E-state index contributed by atoms with van der Waals surface area (Å²) in [6, 6.07) is 8.54. The van der Waals surface area contributed by atoms with Crippen LogP contribution in [0.2, 0.25) is 0 Å². The molecule has 0 fully saturated rings. The Morgan fingerprint density at radius 1 is 1.10 bits per heavy atom. The number of rotatable bonds is 7. The van der Waals surface area contributed by atoms with Gasteiger partial charge in [-0.2, -0.15) is 13.2 Å². The lowest BCUT2D eigenvalue weighted by molar-refractivity contribution is -0.138. The van der Waals surface area contributed by atoms with Crippen molar-refractivity contribution in [1.82, 2.24) is 10.6 Å². The summed E-state index contributed by atoms with van der Waals surface area (Å²) in [7, 11) is -3.76. The van der Waals surface area contributed by atoms with E-state index in [9.17, 15) is 26.0 Å². The fraction of sp³-hybridized carbons (Fsp3) is 0.316. The van der Waals surface area contributed by atoms with E-state index in [4.69, 9.17) is 5.14 Å². The summed E-state index contributed by atoms with van der Waals surface area (Å²) >= 11 is 0. The maximum absolute atomic E-state index is 13.2. The molecule has 0 unspecified atom stereocenters. The summed E-state index contributed by atoms with van der Waals surface area (Å²) in [4.78, 5) is 4.15. The number of alkyl halides is 3. The second kappa shape index (κ2) is 9.90. The molecule has 0 aromatic heterocycles. The first-order valence-corrected chi connectivity index (χ1v) is 10.5. The largest absolute Gasteiger partial charge is 0.416 e. The number of guanidine groups is 1. The monoisotopic (exact) mass is 446 g/mol. The average molecular weight is 446 g/mol. The Morgan fingerprint density at radius 3 is 2.33 bits per heavy atom. The fourth-order valence-electron chi connectivity index (χ4n) is 2.63. The van der Waals surface area contributed by atoms with Crippen molar-refractivity contribution in [3.8, 4) is 0 Å². The molecule has 0 spiro atoms. The van der Waals surface area contributed by atoms with Crippen LogP contribution in [-0.2, 0) is 29.2 Å².